The van der Waals surface area contributed by atoms with Crippen LogP contribution in [0.2, 0.25) is 0 Å². The highest BCUT2D eigenvalue weighted by Crippen LogP contribution is 2.17. The van der Waals surface area contributed by atoms with E-state index >= 15 is 0 Å². The van der Waals surface area contributed by atoms with Gasteiger partial charge in [-0.1, -0.05) is 11.8 Å². The summed E-state index contributed by atoms with van der Waals surface area (Å²) in [5.41, 5.74) is 0. The van der Waals surface area contributed by atoms with Crippen LogP contribution in [-0.4, -0.2) is 44.8 Å². The van der Waals surface area contributed by atoms with Crippen molar-refractivity contribution in [2.75, 3.05) is 18.8 Å². The van der Waals surface area contributed by atoms with Crippen molar-refractivity contribution in [1.29, 1.82) is 0 Å². The maximum atomic E-state index is 11.9. The minimum atomic E-state index is 0.236. The van der Waals surface area contributed by atoms with E-state index in [9.17, 15) is 4.79 Å². The fourth-order valence-electron chi connectivity index (χ4n) is 2.08. The molecule has 1 fully saturated rings. The van der Waals surface area contributed by atoms with Crippen molar-refractivity contribution in [3.63, 3.8) is 0 Å². The van der Waals surface area contributed by atoms with Crippen LogP contribution < -0.4 is 5.32 Å². The molecule has 100 valence electrons. The Hall–Kier alpha value is -0.950. The summed E-state index contributed by atoms with van der Waals surface area (Å²) in [5, 5.41) is 15.3. The van der Waals surface area contributed by atoms with Gasteiger partial charge in [0.25, 0.3) is 0 Å². The molecule has 1 N–H and O–H groups in total. The molecule has 1 atom stereocenters. The molecule has 1 unspecified atom stereocenters. The molecular weight excluding hydrogens is 250 g/mol. The number of thioether (sulfide) groups is 1. The Morgan fingerprint density at radius 1 is 1.61 bits per heavy atom. The fraction of sp³-hybridized carbons (Fsp3) is 0.818. The molecule has 0 amide bonds. The van der Waals surface area contributed by atoms with Crippen LogP contribution in [0.25, 0.3) is 0 Å². The molecule has 0 radical (unpaired) electrons. The molecule has 0 aromatic carbocycles. The van der Waals surface area contributed by atoms with Crippen molar-refractivity contribution in [2.45, 2.75) is 30.8 Å². The van der Waals surface area contributed by atoms with Crippen LogP contribution in [0.1, 0.15) is 25.7 Å². The van der Waals surface area contributed by atoms with Gasteiger partial charge in [-0.3, -0.25) is 4.79 Å². The topological polar surface area (TPSA) is 72.7 Å². The smallest absolute Gasteiger partial charge is 0.209 e. The summed E-state index contributed by atoms with van der Waals surface area (Å²) in [6, 6.07) is 0. The number of nitrogens with zero attached hydrogens (tertiary/aromatic N) is 4. The minimum Gasteiger partial charge on any atom is -0.316 e. The largest absolute Gasteiger partial charge is 0.316 e. The van der Waals surface area contributed by atoms with E-state index < -0.39 is 0 Å². The summed E-state index contributed by atoms with van der Waals surface area (Å²) in [5.74, 6) is 1.53. The van der Waals surface area contributed by atoms with E-state index in [1.165, 1.54) is 0 Å². The highest BCUT2D eigenvalue weighted by Gasteiger charge is 2.20. The zero-order valence-electron chi connectivity index (χ0n) is 10.6. The average molecular weight is 269 g/mol. The van der Waals surface area contributed by atoms with Gasteiger partial charge >= 0.3 is 0 Å². The Morgan fingerprint density at radius 2 is 2.50 bits per heavy atom. The second-order valence-corrected chi connectivity index (χ2v) is 5.61. The summed E-state index contributed by atoms with van der Waals surface area (Å²) in [7, 11) is 1.82. The first-order valence-corrected chi connectivity index (χ1v) is 7.34. The lowest BCUT2D eigenvalue weighted by Gasteiger charge is -2.21. The Kier molecular flexibility index (Phi) is 5.12. The van der Waals surface area contributed by atoms with E-state index in [1.807, 2.05) is 7.05 Å². The Balaban J connectivity index is 1.63. The maximum Gasteiger partial charge on any atom is 0.209 e. The number of aryl methyl sites for hydroxylation is 1. The van der Waals surface area contributed by atoms with E-state index in [0.29, 0.717) is 12.2 Å². The van der Waals surface area contributed by atoms with Crippen LogP contribution in [0.5, 0.6) is 0 Å². The number of rotatable bonds is 6. The second-order valence-electron chi connectivity index (χ2n) is 4.55. The van der Waals surface area contributed by atoms with Gasteiger partial charge < -0.3 is 5.32 Å². The third-order valence-corrected chi connectivity index (χ3v) is 4.23. The van der Waals surface area contributed by atoms with Crippen LogP contribution >= 0.6 is 11.8 Å². The number of tetrazole rings is 1. The first-order valence-electron chi connectivity index (χ1n) is 6.36. The van der Waals surface area contributed by atoms with E-state index in [1.54, 1.807) is 16.4 Å². The molecule has 0 spiro atoms. The Morgan fingerprint density at radius 3 is 3.17 bits per heavy atom. The van der Waals surface area contributed by atoms with Crippen LogP contribution in [0.4, 0.5) is 0 Å². The molecule has 0 aliphatic carbocycles. The molecular formula is C11H19N5OS. The van der Waals surface area contributed by atoms with Crippen LogP contribution in [0, 0.1) is 5.92 Å². The van der Waals surface area contributed by atoms with Crippen molar-refractivity contribution in [2.24, 2.45) is 13.0 Å². The number of piperidine rings is 1. The Bertz CT molecular complexity index is 389. The highest BCUT2D eigenvalue weighted by molar-refractivity contribution is 7.99. The molecule has 1 aromatic rings. The number of ketones is 1. The van der Waals surface area contributed by atoms with Crippen molar-refractivity contribution >= 4 is 17.5 Å². The summed E-state index contributed by atoms with van der Waals surface area (Å²) in [6.45, 7) is 1.91. The molecule has 2 heterocycles. The number of Topliss-reactive ketones (excluding diaryl/α,β-unsaturated/α-hetero) is 1. The van der Waals surface area contributed by atoms with E-state index in [2.05, 4.69) is 20.8 Å². The Labute approximate surface area is 111 Å². The summed E-state index contributed by atoms with van der Waals surface area (Å²) < 4.78 is 1.65. The van der Waals surface area contributed by atoms with Gasteiger partial charge in [0, 0.05) is 31.7 Å². The minimum absolute atomic E-state index is 0.236. The lowest BCUT2D eigenvalue weighted by Crippen LogP contribution is -2.34. The number of carbonyl (C=O) groups is 1. The van der Waals surface area contributed by atoms with Gasteiger partial charge in [0.2, 0.25) is 5.16 Å². The normalized spacial score (nSPS) is 19.9. The monoisotopic (exact) mass is 269 g/mol. The van der Waals surface area contributed by atoms with Crippen molar-refractivity contribution in [3.05, 3.63) is 0 Å². The third-order valence-electron chi connectivity index (χ3n) is 3.13. The van der Waals surface area contributed by atoms with Gasteiger partial charge in [-0.25, -0.2) is 4.68 Å². The molecule has 1 aliphatic rings. The standard InChI is InChI=1S/C11H19N5OS/c1-16-11(13-14-15-16)18-7-3-5-10(17)9-4-2-6-12-8-9/h9,12H,2-8H2,1H3. The zero-order chi connectivity index (χ0) is 12.8. The lowest BCUT2D eigenvalue weighted by molar-refractivity contribution is -0.123. The summed E-state index contributed by atoms with van der Waals surface area (Å²) in [4.78, 5) is 11.9. The molecule has 0 bridgehead atoms. The van der Waals surface area contributed by atoms with Crippen LogP contribution in [-0.2, 0) is 11.8 Å². The van der Waals surface area contributed by atoms with Crippen LogP contribution in [0.15, 0.2) is 5.16 Å². The predicted molar refractivity (Wildman–Crippen MR) is 69.4 cm³/mol. The molecule has 1 aliphatic heterocycles. The first kappa shape index (κ1) is 13.5. The quantitative estimate of drug-likeness (QED) is 0.604. The number of nitrogens with one attached hydrogen (secondary N) is 1. The first-order chi connectivity index (χ1) is 8.77. The van der Waals surface area contributed by atoms with E-state index in [4.69, 9.17) is 0 Å². The van der Waals surface area contributed by atoms with E-state index in [-0.39, 0.29) is 5.92 Å². The van der Waals surface area contributed by atoms with Gasteiger partial charge in [-0.05, 0) is 36.2 Å². The summed E-state index contributed by atoms with van der Waals surface area (Å²) >= 11 is 1.60. The maximum absolute atomic E-state index is 11.9. The highest BCUT2D eigenvalue weighted by atomic mass is 32.2. The molecule has 18 heavy (non-hydrogen) atoms. The molecule has 0 saturated carbocycles. The van der Waals surface area contributed by atoms with Crippen molar-refractivity contribution < 1.29 is 4.79 Å². The number of hydrogen-bond acceptors (Lipinski definition) is 6. The van der Waals surface area contributed by atoms with Crippen molar-refractivity contribution in [1.82, 2.24) is 25.5 Å². The SMILES string of the molecule is Cn1nnnc1SCCCC(=O)C1CCCNC1. The van der Waals surface area contributed by atoms with Gasteiger partial charge in [0.1, 0.15) is 5.78 Å². The number of carbonyl (C=O) groups excluding carboxylic acids is 1. The molecule has 6 nitrogen and oxygen atoms in total. The molecule has 2 rings (SSSR count). The third kappa shape index (κ3) is 3.78. The van der Waals surface area contributed by atoms with Gasteiger partial charge in [0.05, 0.1) is 0 Å². The molecule has 7 heteroatoms. The zero-order valence-corrected chi connectivity index (χ0v) is 11.4. The average Bonchev–Trinajstić information content (AvgIpc) is 2.81. The fourth-order valence-corrected chi connectivity index (χ4v) is 2.87. The van der Waals surface area contributed by atoms with E-state index in [0.717, 1.165) is 43.3 Å². The number of aromatic nitrogens is 4. The summed E-state index contributed by atoms with van der Waals surface area (Å²) in [6.07, 6.45) is 3.74. The van der Waals surface area contributed by atoms with Gasteiger partial charge in [-0.15, -0.1) is 5.10 Å². The molecule has 1 saturated heterocycles. The van der Waals surface area contributed by atoms with Crippen molar-refractivity contribution in [3.8, 4) is 0 Å². The second kappa shape index (κ2) is 6.84. The van der Waals surface area contributed by atoms with Gasteiger partial charge in [0.15, 0.2) is 0 Å². The predicted octanol–water partition coefficient (Wildman–Crippen LogP) is 0.651. The van der Waals surface area contributed by atoms with Crippen LogP contribution in [0.3, 0.4) is 0 Å². The number of hydrogen-bond donors (Lipinski definition) is 1. The molecule has 1 aromatic heterocycles. The lowest BCUT2D eigenvalue weighted by atomic mass is 9.93. The van der Waals surface area contributed by atoms with Gasteiger partial charge in [-0.2, -0.15) is 0 Å².